The van der Waals surface area contributed by atoms with Crippen LogP contribution in [0.3, 0.4) is 0 Å². The summed E-state index contributed by atoms with van der Waals surface area (Å²) in [7, 11) is 0. The maximum absolute atomic E-state index is 12.0. The number of amides is 2. The Morgan fingerprint density at radius 3 is 2.85 bits per heavy atom. The number of fused-ring (bicyclic) bond motifs is 1. The molecule has 1 aliphatic rings. The molecule has 108 valence electrons. The molecule has 0 aliphatic carbocycles. The van der Waals surface area contributed by atoms with Crippen LogP contribution in [0, 0.1) is 5.92 Å². The lowest BCUT2D eigenvalue weighted by molar-refractivity contribution is -0.116. The van der Waals surface area contributed by atoms with Crippen molar-refractivity contribution in [3.8, 4) is 0 Å². The van der Waals surface area contributed by atoms with E-state index >= 15 is 0 Å². The van der Waals surface area contributed by atoms with E-state index in [1.807, 2.05) is 19.1 Å². The highest BCUT2D eigenvalue weighted by atomic mass is 16.3. The molecular weight excluding hydrogens is 256 g/mol. The van der Waals surface area contributed by atoms with Crippen molar-refractivity contribution in [1.82, 2.24) is 5.32 Å². The highest BCUT2D eigenvalue weighted by Crippen LogP contribution is 2.28. The third-order valence-corrected chi connectivity index (χ3v) is 3.54. The number of aliphatic hydroxyl groups is 1. The van der Waals surface area contributed by atoms with Crippen molar-refractivity contribution >= 4 is 17.5 Å². The van der Waals surface area contributed by atoms with Gasteiger partial charge in [-0.05, 0) is 36.1 Å². The predicted octanol–water partition coefficient (Wildman–Crippen LogP) is 0.954. The van der Waals surface area contributed by atoms with Gasteiger partial charge in [-0.2, -0.15) is 0 Å². The molecule has 0 bridgehead atoms. The Labute approximate surface area is 118 Å². The van der Waals surface area contributed by atoms with Crippen LogP contribution in [0.25, 0.3) is 0 Å². The second-order valence-corrected chi connectivity index (χ2v) is 5.26. The molecule has 1 atom stereocenters. The molecule has 0 saturated heterocycles. The molecule has 5 heteroatoms. The quantitative estimate of drug-likeness (QED) is 0.860. The second-order valence-electron chi connectivity index (χ2n) is 5.26. The Hall–Kier alpha value is -1.88. The number of nitrogens with zero attached hydrogens (tertiary/aromatic N) is 1. The average molecular weight is 276 g/mol. The molecule has 20 heavy (non-hydrogen) atoms. The van der Waals surface area contributed by atoms with Crippen molar-refractivity contribution < 1.29 is 14.7 Å². The van der Waals surface area contributed by atoms with Crippen molar-refractivity contribution in [2.45, 2.75) is 20.3 Å². The fraction of sp³-hybridized carbons (Fsp3) is 0.467. The molecule has 5 nitrogen and oxygen atoms in total. The predicted molar refractivity (Wildman–Crippen MR) is 76.8 cm³/mol. The summed E-state index contributed by atoms with van der Waals surface area (Å²) >= 11 is 0. The summed E-state index contributed by atoms with van der Waals surface area (Å²) in [5, 5.41) is 11.7. The van der Waals surface area contributed by atoms with E-state index in [4.69, 9.17) is 5.11 Å². The van der Waals surface area contributed by atoms with Crippen LogP contribution >= 0.6 is 0 Å². The zero-order chi connectivity index (χ0) is 14.7. The lowest BCUT2D eigenvalue weighted by atomic mass is 10.1. The van der Waals surface area contributed by atoms with Gasteiger partial charge in [0, 0.05) is 37.9 Å². The minimum atomic E-state index is -0.144. The van der Waals surface area contributed by atoms with Gasteiger partial charge in [-0.25, -0.2) is 0 Å². The van der Waals surface area contributed by atoms with Gasteiger partial charge in [-0.15, -0.1) is 0 Å². The minimum Gasteiger partial charge on any atom is -0.396 e. The van der Waals surface area contributed by atoms with Crippen LogP contribution in [0.4, 0.5) is 5.69 Å². The normalized spacial score (nSPS) is 14.8. The number of benzene rings is 1. The van der Waals surface area contributed by atoms with E-state index < -0.39 is 0 Å². The van der Waals surface area contributed by atoms with Crippen LogP contribution in [-0.2, 0) is 11.2 Å². The van der Waals surface area contributed by atoms with Crippen LogP contribution in [-0.4, -0.2) is 36.6 Å². The maximum atomic E-state index is 12.0. The van der Waals surface area contributed by atoms with Gasteiger partial charge in [-0.3, -0.25) is 9.59 Å². The van der Waals surface area contributed by atoms with E-state index in [-0.39, 0.29) is 24.3 Å². The van der Waals surface area contributed by atoms with E-state index in [1.54, 1.807) is 17.9 Å². The Morgan fingerprint density at radius 1 is 1.45 bits per heavy atom. The number of aliphatic hydroxyl groups excluding tert-OH is 1. The average Bonchev–Trinajstić information content (AvgIpc) is 2.87. The van der Waals surface area contributed by atoms with Crippen molar-refractivity contribution in [2.24, 2.45) is 5.92 Å². The van der Waals surface area contributed by atoms with Crippen molar-refractivity contribution in [3.63, 3.8) is 0 Å². The van der Waals surface area contributed by atoms with Crippen molar-refractivity contribution in [3.05, 3.63) is 29.3 Å². The van der Waals surface area contributed by atoms with E-state index in [1.165, 1.54) is 0 Å². The lowest BCUT2D eigenvalue weighted by Gasteiger charge is -2.15. The number of carbonyl (C=O) groups is 2. The smallest absolute Gasteiger partial charge is 0.251 e. The van der Waals surface area contributed by atoms with E-state index in [9.17, 15) is 9.59 Å². The van der Waals surface area contributed by atoms with Gasteiger partial charge in [0.2, 0.25) is 5.91 Å². The monoisotopic (exact) mass is 276 g/mol. The summed E-state index contributed by atoms with van der Waals surface area (Å²) in [6, 6.07) is 5.41. The van der Waals surface area contributed by atoms with Crippen LogP contribution in [0.1, 0.15) is 29.8 Å². The van der Waals surface area contributed by atoms with Gasteiger partial charge >= 0.3 is 0 Å². The molecule has 2 N–H and O–H groups in total. The standard InChI is InChI=1S/C15H20N2O3/c1-10(9-18)8-16-15(20)13-3-4-14-12(7-13)5-6-17(14)11(2)19/h3-4,7,10,18H,5-6,8-9H2,1-2H3,(H,16,20). The Balaban J connectivity index is 2.09. The second kappa shape index (κ2) is 6.05. The van der Waals surface area contributed by atoms with Crippen LogP contribution in [0.15, 0.2) is 18.2 Å². The number of anilines is 1. The summed E-state index contributed by atoms with van der Waals surface area (Å²) in [5.41, 5.74) is 2.53. The third-order valence-electron chi connectivity index (χ3n) is 3.54. The summed E-state index contributed by atoms with van der Waals surface area (Å²) < 4.78 is 0. The van der Waals surface area contributed by atoms with Crippen LogP contribution in [0.5, 0.6) is 0 Å². The SMILES string of the molecule is CC(=O)N1CCc2cc(C(=O)NCC(C)CO)ccc21. The highest BCUT2D eigenvalue weighted by molar-refractivity contribution is 5.97. The van der Waals surface area contributed by atoms with Crippen molar-refractivity contribution in [2.75, 3.05) is 24.6 Å². The van der Waals surface area contributed by atoms with Gasteiger partial charge in [-0.1, -0.05) is 6.92 Å². The van der Waals surface area contributed by atoms with E-state index in [2.05, 4.69) is 5.32 Å². The molecule has 0 fully saturated rings. The zero-order valence-corrected chi connectivity index (χ0v) is 11.8. The van der Waals surface area contributed by atoms with Gasteiger partial charge in [0.15, 0.2) is 0 Å². The summed E-state index contributed by atoms with van der Waals surface area (Å²) in [6.07, 6.45) is 0.781. The first-order valence-corrected chi connectivity index (χ1v) is 6.83. The summed E-state index contributed by atoms with van der Waals surface area (Å²) in [4.78, 5) is 25.2. The number of nitrogens with one attached hydrogen (secondary N) is 1. The fourth-order valence-corrected chi connectivity index (χ4v) is 2.30. The molecule has 1 unspecified atom stereocenters. The van der Waals surface area contributed by atoms with Crippen LogP contribution < -0.4 is 10.2 Å². The van der Waals surface area contributed by atoms with Gasteiger partial charge < -0.3 is 15.3 Å². The first kappa shape index (κ1) is 14.5. The molecule has 1 aliphatic heterocycles. The Morgan fingerprint density at radius 2 is 2.20 bits per heavy atom. The minimum absolute atomic E-state index is 0.0257. The number of rotatable bonds is 4. The summed E-state index contributed by atoms with van der Waals surface area (Å²) in [5.74, 6) is -0.0753. The maximum Gasteiger partial charge on any atom is 0.251 e. The molecular formula is C15H20N2O3. The third kappa shape index (κ3) is 2.99. The highest BCUT2D eigenvalue weighted by Gasteiger charge is 2.23. The van der Waals surface area contributed by atoms with E-state index in [0.29, 0.717) is 18.7 Å². The topological polar surface area (TPSA) is 69.6 Å². The first-order valence-electron chi connectivity index (χ1n) is 6.83. The largest absolute Gasteiger partial charge is 0.396 e. The number of carbonyl (C=O) groups excluding carboxylic acids is 2. The van der Waals surface area contributed by atoms with Gasteiger partial charge in [0.25, 0.3) is 5.91 Å². The molecule has 0 saturated carbocycles. The molecule has 0 aromatic heterocycles. The fourth-order valence-electron chi connectivity index (χ4n) is 2.30. The number of hydrogen-bond donors (Lipinski definition) is 2. The molecule has 2 rings (SSSR count). The molecule has 2 amide bonds. The molecule has 1 aromatic rings. The molecule has 1 aromatic carbocycles. The summed E-state index contributed by atoms with van der Waals surface area (Å²) in [6.45, 7) is 4.60. The molecule has 0 spiro atoms. The number of hydrogen-bond acceptors (Lipinski definition) is 3. The van der Waals surface area contributed by atoms with E-state index in [0.717, 1.165) is 17.7 Å². The first-order chi connectivity index (χ1) is 9.52. The molecule has 1 heterocycles. The molecule has 0 radical (unpaired) electrons. The lowest BCUT2D eigenvalue weighted by Crippen LogP contribution is -2.29. The van der Waals surface area contributed by atoms with Crippen LogP contribution in [0.2, 0.25) is 0 Å². The Bertz CT molecular complexity index is 528. The van der Waals surface area contributed by atoms with Crippen molar-refractivity contribution in [1.29, 1.82) is 0 Å². The zero-order valence-electron chi connectivity index (χ0n) is 11.8. The van der Waals surface area contributed by atoms with Gasteiger partial charge in [0.05, 0.1) is 0 Å². The Kier molecular flexibility index (Phi) is 4.39. The van der Waals surface area contributed by atoms with Gasteiger partial charge in [0.1, 0.15) is 0 Å².